The van der Waals surface area contributed by atoms with Gasteiger partial charge in [0, 0.05) is 87.3 Å². The van der Waals surface area contributed by atoms with Crippen LogP contribution < -0.4 is 21.3 Å². The minimum Gasteiger partial charge on any atom is -0.481 e. The first-order valence-corrected chi connectivity index (χ1v) is 42.8. The van der Waals surface area contributed by atoms with Gasteiger partial charge in [0.2, 0.25) is 0 Å². The van der Waals surface area contributed by atoms with Crippen molar-refractivity contribution in [2.45, 2.75) is 185 Å². The number of aromatic nitrogens is 8. The number of carboxylic acids is 4. The van der Waals surface area contributed by atoms with Crippen LogP contribution in [0.3, 0.4) is 0 Å². The average molecular weight is 1630 g/mol. The van der Waals surface area contributed by atoms with Gasteiger partial charge < -0.3 is 41.7 Å². The number of hydrogen-bond acceptors (Lipinski definition) is 20. The molecule has 0 unspecified atom stereocenters. The normalized spacial score (nSPS) is 10.8. The molecule has 0 saturated carbocycles. The van der Waals surface area contributed by atoms with Gasteiger partial charge in [-0.2, -0.15) is 0 Å². The number of nitrogens with one attached hydrogen (secondary N) is 4. The summed E-state index contributed by atoms with van der Waals surface area (Å²) in [4.78, 5) is 91.7. The predicted molar refractivity (Wildman–Crippen MR) is 476 cm³/mol. The van der Waals surface area contributed by atoms with Gasteiger partial charge in [-0.25, -0.2) is 39.9 Å². The summed E-state index contributed by atoms with van der Waals surface area (Å²) in [5.41, 5.74) is 14.8. The molecular weight excluding hydrogens is 1530 g/mol. The van der Waals surface area contributed by atoms with E-state index in [2.05, 4.69) is 138 Å². The quantitative estimate of drug-likeness (QED) is 0.0169. The minimum absolute atomic E-state index is 0.0111. The van der Waals surface area contributed by atoms with Crippen LogP contribution in [0.1, 0.15) is 168 Å². The molecule has 8 heterocycles. The van der Waals surface area contributed by atoms with Gasteiger partial charge in [-0.15, -0.1) is 58.5 Å². The molecule has 0 aliphatic rings. The Balaban J connectivity index is 0.000000177. The Bertz CT molecular complexity index is 5290. The Kier molecular flexibility index (Phi) is 33.9. The Labute approximate surface area is 696 Å². The van der Waals surface area contributed by atoms with Gasteiger partial charge in [0.05, 0.1) is 45.2 Å². The van der Waals surface area contributed by atoms with E-state index in [1.54, 1.807) is 45.3 Å². The molecule has 0 radical (unpaired) electrons. The SMILES string of the molecule is C=CCc1c(C)nc(-c2ccc(CCC)s2)nc1Nc1ccc(CC(=O)O)cc1.C=CCc1c(CC)nc(-c2ccc(CCC)s2)nc1Nc1ccc(CC(=O)O)cc1.CCCc1ccc(-c2nc(C)c(CC)c(Nc3ccc(CC(=O)O)cc3)n2)s1.CCCc1ccc(-c2nc(CC)c(CC)c(Nc3ccc(CC(=O)O)cc3)n2)s1. The summed E-state index contributed by atoms with van der Waals surface area (Å²) in [6.07, 6.45) is 17.2. The molecule has 0 atom stereocenters. The molecule has 8 aromatic heterocycles. The molecule has 0 saturated heterocycles. The van der Waals surface area contributed by atoms with E-state index in [0.717, 1.165) is 227 Å². The first-order valence-electron chi connectivity index (χ1n) is 39.5. The number of carbonyl (C=O) groups is 4. The lowest BCUT2D eigenvalue weighted by Gasteiger charge is -2.15. The highest BCUT2D eigenvalue weighted by Crippen LogP contribution is 2.37. The van der Waals surface area contributed by atoms with Crippen LogP contribution in [0.5, 0.6) is 0 Å². The molecule has 0 aliphatic heterocycles. The largest absolute Gasteiger partial charge is 0.481 e. The van der Waals surface area contributed by atoms with Crippen molar-refractivity contribution < 1.29 is 39.6 Å². The molecule has 604 valence electrons. The van der Waals surface area contributed by atoms with E-state index in [-0.39, 0.29) is 25.7 Å². The molecule has 8 N–H and O–H groups in total. The zero-order valence-electron chi connectivity index (χ0n) is 67.8. The van der Waals surface area contributed by atoms with Crippen LogP contribution in [0.15, 0.2) is 171 Å². The molecule has 0 aliphatic carbocycles. The van der Waals surface area contributed by atoms with Gasteiger partial charge in [-0.1, -0.05) is 142 Å². The van der Waals surface area contributed by atoms with Gasteiger partial charge in [0.15, 0.2) is 23.3 Å². The van der Waals surface area contributed by atoms with Crippen LogP contribution in [0.4, 0.5) is 46.0 Å². The monoisotopic (exact) mass is 1630 g/mol. The highest BCUT2D eigenvalue weighted by molar-refractivity contribution is 7.16. The first-order chi connectivity index (χ1) is 56.1. The Morgan fingerprint density at radius 2 is 0.569 bits per heavy atom. The van der Waals surface area contributed by atoms with E-state index in [1.165, 1.54) is 19.5 Å². The van der Waals surface area contributed by atoms with Gasteiger partial charge in [-0.05, 0) is 197 Å². The third kappa shape index (κ3) is 25.8. The number of aliphatic carboxylic acids is 4. The van der Waals surface area contributed by atoms with Crippen LogP contribution >= 0.6 is 45.3 Å². The number of benzene rings is 4. The number of nitrogens with zero attached hydrogens (tertiary/aromatic N) is 8. The van der Waals surface area contributed by atoms with Gasteiger partial charge in [0.25, 0.3) is 0 Å². The zero-order chi connectivity index (χ0) is 83.2. The molecular formula is C92H104N12O8S4. The van der Waals surface area contributed by atoms with Crippen molar-refractivity contribution in [3.05, 3.63) is 258 Å². The molecule has 20 nitrogen and oxygen atoms in total. The fourth-order valence-corrected chi connectivity index (χ4v) is 17.0. The molecule has 12 rings (SSSR count). The van der Waals surface area contributed by atoms with Crippen molar-refractivity contribution >= 4 is 115 Å². The Hall–Kier alpha value is -11.4. The van der Waals surface area contributed by atoms with Crippen molar-refractivity contribution in [1.82, 2.24) is 39.9 Å². The van der Waals surface area contributed by atoms with E-state index in [9.17, 15) is 19.2 Å². The summed E-state index contributed by atoms with van der Waals surface area (Å²) >= 11 is 6.98. The van der Waals surface area contributed by atoms with Gasteiger partial charge in [0.1, 0.15) is 23.3 Å². The summed E-state index contributed by atoms with van der Waals surface area (Å²) in [5, 5.41) is 49.4. The molecule has 0 amide bonds. The number of anilines is 8. The van der Waals surface area contributed by atoms with Gasteiger partial charge in [-0.3, -0.25) is 19.2 Å². The lowest BCUT2D eigenvalue weighted by atomic mass is 10.1. The number of thiophene rings is 4. The lowest BCUT2D eigenvalue weighted by Crippen LogP contribution is -2.07. The number of aryl methyl sites for hydroxylation is 8. The van der Waals surface area contributed by atoms with Crippen LogP contribution in [0.25, 0.3) is 42.8 Å². The molecule has 24 heteroatoms. The van der Waals surface area contributed by atoms with Crippen LogP contribution in [0.2, 0.25) is 0 Å². The Morgan fingerprint density at radius 1 is 0.319 bits per heavy atom. The number of hydrogen-bond donors (Lipinski definition) is 8. The van der Waals surface area contributed by atoms with Crippen LogP contribution in [-0.4, -0.2) is 84.2 Å². The summed E-state index contributed by atoms with van der Waals surface area (Å²) in [7, 11) is 0. The number of rotatable bonds is 36. The second-order valence-corrected chi connectivity index (χ2v) is 32.3. The smallest absolute Gasteiger partial charge is 0.307 e. The summed E-state index contributed by atoms with van der Waals surface area (Å²) < 4.78 is 0. The van der Waals surface area contributed by atoms with E-state index >= 15 is 0 Å². The van der Waals surface area contributed by atoms with Crippen molar-refractivity contribution in [2.24, 2.45) is 0 Å². The van der Waals surface area contributed by atoms with E-state index < -0.39 is 23.9 Å². The van der Waals surface area contributed by atoms with Crippen molar-refractivity contribution in [2.75, 3.05) is 21.3 Å². The summed E-state index contributed by atoms with van der Waals surface area (Å²) in [6.45, 7) is 28.9. The highest BCUT2D eigenvalue weighted by atomic mass is 32.1. The van der Waals surface area contributed by atoms with Crippen LogP contribution in [0, 0.1) is 13.8 Å². The molecule has 0 spiro atoms. The topological polar surface area (TPSA) is 300 Å². The maximum atomic E-state index is 10.9. The highest BCUT2D eigenvalue weighted by Gasteiger charge is 2.21. The second kappa shape index (κ2) is 44.4. The molecule has 4 aromatic carbocycles. The summed E-state index contributed by atoms with van der Waals surface area (Å²) in [5.74, 6) is 2.77. The molecule has 0 fully saturated rings. The number of carboxylic acid groups (broad SMARTS) is 4. The number of allylic oxidation sites excluding steroid dienone is 2. The van der Waals surface area contributed by atoms with Crippen molar-refractivity contribution in [1.29, 1.82) is 0 Å². The van der Waals surface area contributed by atoms with E-state index in [0.29, 0.717) is 18.7 Å². The van der Waals surface area contributed by atoms with E-state index in [1.807, 2.05) is 123 Å². The second-order valence-electron chi connectivity index (χ2n) is 27.6. The van der Waals surface area contributed by atoms with Crippen LogP contribution in [-0.2, 0) is 109 Å². The Morgan fingerprint density at radius 3 is 0.836 bits per heavy atom. The van der Waals surface area contributed by atoms with Crippen molar-refractivity contribution in [3.8, 4) is 42.8 Å². The van der Waals surface area contributed by atoms with Crippen molar-refractivity contribution in [3.63, 3.8) is 0 Å². The lowest BCUT2D eigenvalue weighted by molar-refractivity contribution is -0.137. The third-order valence-electron chi connectivity index (χ3n) is 18.5. The first kappa shape index (κ1) is 88.5. The third-order valence-corrected chi connectivity index (χ3v) is 23.1. The molecule has 12 aromatic rings. The fourth-order valence-electron chi connectivity index (χ4n) is 12.8. The molecule has 0 bridgehead atoms. The van der Waals surface area contributed by atoms with Gasteiger partial charge >= 0.3 is 23.9 Å². The summed E-state index contributed by atoms with van der Waals surface area (Å²) in [6, 6.07) is 46.7. The maximum absolute atomic E-state index is 10.9. The average Bonchev–Trinajstić information content (AvgIpc) is 1.38. The standard InChI is InChI=1S/C24H27N3O2S.C23H25N3O2S.C23H27N3O2S.C22H25N3O2S/c1-4-7-18-13-14-21(30-18)24-26-20(6-3)19(8-5-2)23(27-24)25-17-11-9-16(10-12-17)15-22(28)29;1-4-6-18-12-13-20(29-18)23-24-15(3)19(7-5-2)22(26-23)25-17-10-8-16(9-11-17)14-21(27)28;1-4-7-17-12-13-20(29-17)23-25-19(6-3)18(5-2)22(26-23)24-16-10-8-15(9-11-16)14-21(27)28;1-4-6-17-11-12-19(28-17)22-23-14(3)18(5-2)21(25-22)24-16-9-7-15(8-10-16)13-20(26)27/h5,9-14H,2,4,6-8,15H2,1,3H3,(H,28,29)(H,25,26,27);5,8-13H,2,4,6-7,14H2,1,3H3,(H,27,28)(H,24,25,26);8-13H,4-7,14H2,1-3H3,(H,27,28)(H,24,25,26);7-12H,4-6,13H2,1-3H3,(H,26,27)(H,23,24,25). The fraction of sp³-hybridized carbons (Fsp3) is 0.304. The zero-order valence-corrected chi connectivity index (χ0v) is 71.1. The van der Waals surface area contributed by atoms with E-state index in [4.69, 9.17) is 60.3 Å². The molecule has 116 heavy (non-hydrogen) atoms. The maximum Gasteiger partial charge on any atom is 0.307 e. The predicted octanol–water partition coefficient (Wildman–Crippen LogP) is 22.4. The minimum atomic E-state index is -0.839.